The van der Waals surface area contributed by atoms with Crippen molar-refractivity contribution in [1.82, 2.24) is 14.9 Å². The summed E-state index contributed by atoms with van der Waals surface area (Å²) in [7, 11) is 0. The van der Waals surface area contributed by atoms with E-state index in [1.54, 1.807) is 19.2 Å². The molecule has 0 aliphatic heterocycles. The first-order valence-electron chi connectivity index (χ1n) is 4.02. The number of hydrogen-bond acceptors (Lipinski definition) is 5. The van der Waals surface area contributed by atoms with Gasteiger partial charge < -0.3 is 5.32 Å². The topological polar surface area (TPSA) is 78.7 Å². The molecular formula is C8H10N4OS. The van der Waals surface area contributed by atoms with Crippen LogP contribution in [0.4, 0.5) is 0 Å². The highest BCUT2D eigenvalue weighted by atomic mass is 32.1. The molecular weight excluding hydrogens is 200 g/mol. The zero-order valence-corrected chi connectivity index (χ0v) is 8.76. The molecule has 0 bridgehead atoms. The van der Waals surface area contributed by atoms with Crippen molar-refractivity contribution in [3.63, 3.8) is 0 Å². The van der Waals surface area contributed by atoms with E-state index in [0.29, 0.717) is 12.2 Å². The lowest BCUT2D eigenvalue weighted by molar-refractivity contribution is 0.0938. The Bertz CT molecular complexity index is 352. The monoisotopic (exact) mass is 210 g/mol. The molecule has 0 radical (unpaired) electrons. The van der Waals surface area contributed by atoms with Crippen molar-refractivity contribution in [3.05, 3.63) is 11.1 Å². The Hall–Kier alpha value is -1.48. The fourth-order valence-electron chi connectivity index (χ4n) is 0.695. The zero-order valence-electron chi connectivity index (χ0n) is 7.94. The molecule has 0 spiro atoms. The first-order valence-corrected chi connectivity index (χ1v) is 4.85. The van der Waals surface area contributed by atoms with Gasteiger partial charge in [-0.15, -0.1) is 5.10 Å². The molecule has 0 fully saturated rings. The fourth-order valence-corrected chi connectivity index (χ4v) is 1.13. The molecule has 74 valence electrons. The summed E-state index contributed by atoms with van der Waals surface area (Å²) in [4.78, 5) is 11.4. The number of amides is 1. The molecule has 1 N–H and O–H groups in total. The number of aromatic nitrogens is 2. The summed E-state index contributed by atoms with van der Waals surface area (Å²) in [6.07, 6.45) is 0. The highest BCUT2D eigenvalue weighted by molar-refractivity contribution is 7.03. The summed E-state index contributed by atoms with van der Waals surface area (Å²) in [5.41, 5.74) is -0.261. The second-order valence-electron chi connectivity index (χ2n) is 3.47. The SMILES string of the molecule is CC(C)(C#N)CNC(=O)c1csnn1. The minimum absolute atomic E-state index is 0.290. The second-order valence-corrected chi connectivity index (χ2v) is 4.08. The van der Waals surface area contributed by atoms with E-state index >= 15 is 0 Å². The number of nitriles is 1. The van der Waals surface area contributed by atoms with Crippen molar-refractivity contribution in [1.29, 1.82) is 5.26 Å². The first kappa shape index (κ1) is 10.6. The Morgan fingerprint density at radius 2 is 2.50 bits per heavy atom. The standard InChI is InChI=1S/C8H10N4OS/c1-8(2,4-9)5-10-7(13)6-3-14-12-11-6/h3H,5H2,1-2H3,(H,10,13). The lowest BCUT2D eigenvalue weighted by Crippen LogP contribution is -2.33. The normalized spacial score (nSPS) is 10.6. The number of nitrogens with one attached hydrogen (secondary N) is 1. The minimum Gasteiger partial charge on any atom is -0.349 e. The highest BCUT2D eigenvalue weighted by Gasteiger charge is 2.18. The fraction of sp³-hybridized carbons (Fsp3) is 0.500. The lowest BCUT2D eigenvalue weighted by Gasteiger charge is -2.14. The lowest BCUT2D eigenvalue weighted by atomic mass is 9.96. The summed E-state index contributed by atoms with van der Waals surface area (Å²) in [6.45, 7) is 3.82. The Kier molecular flexibility index (Phi) is 3.14. The van der Waals surface area contributed by atoms with Crippen LogP contribution in [0.25, 0.3) is 0 Å². The molecule has 1 rings (SSSR count). The molecule has 1 aromatic heterocycles. The van der Waals surface area contributed by atoms with Crippen LogP contribution in [0.1, 0.15) is 24.3 Å². The van der Waals surface area contributed by atoms with Crippen molar-refractivity contribution in [2.75, 3.05) is 6.54 Å². The molecule has 0 aliphatic rings. The average Bonchev–Trinajstić information content (AvgIpc) is 2.67. The molecule has 0 saturated carbocycles. The average molecular weight is 210 g/mol. The van der Waals surface area contributed by atoms with Crippen LogP contribution in [0.3, 0.4) is 0 Å². The van der Waals surface area contributed by atoms with Crippen molar-refractivity contribution < 1.29 is 4.79 Å². The number of hydrogen-bond donors (Lipinski definition) is 1. The molecule has 0 saturated heterocycles. The second kappa shape index (κ2) is 4.15. The van der Waals surface area contributed by atoms with Gasteiger partial charge >= 0.3 is 0 Å². The Morgan fingerprint density at radius 1 is 1.79 bits per heavy atom. The summed E-state index contributed by atoms with van der Waals surface area (Å²) in [5.74, 6) is -0.290. The number of rotatable bonds is 3. The van der Waals surface area contributed by atoms with Crippen molar-refractivity contribution in [2.45, 2.75) is 13.8 Å². The number of carbonyl (C=O) groups is 1. The largest absolute Gasteiger partial charge is 0.349 e. The predicted molar refractivity (Wildman–Crippen MR) is 51.6 cm³/mol. The van der Waals surface area contributed by atoms with Crippen molar-refractivity contribution in [2.24, 2.45) is 5.41 Å². The third-order valence-corrected chi connectivity index (χ3v) is 2.09. The van der Waals surface area contributed by atoms with E-state index < -0.39 is 5.41 Å². The third-order valence-electron chi connectivity index (χ3n) is 1.59. The van der Waals surface area contributed by atoms with E-state index in [1.807, 2.05) is 0 Å². The van der Waals surface area contributed by atoms with Crippen LogP contribution >= 0.6 is 11.5 Å². The van der Waals surface area contributed by atoms with Gasteiger partial charge in [0.15, 0.2) is 5.69 Å². The van der Waals surface area contributed by atoms with E-state index in [2.05, 4.69) is 21.0 Å². The van der Waals surface area contributed by atoms with Crippen LogP contribution in [0.5, 0.6) is 0 Å². The van der Waals surface area contributed by atoms with Crippen molar-refractivity contribution >= 4 is 17.4 Å². The van der Waals surface area contributed by atoms with Gasteiger partial charge in [-0.1, -0.05) is 4.49 Å². The van der Waals surface area contributed by atoms with Gasteiger partial charge in [0, 0.05) is 11.9 Å². The van der Waals surface area contributed by atoms with Gasteiger partial charge in [0.25, 0.3) is 5.91 Å². The molecule has 6 heteroatoms. The highest BCUT2D eigenvalue weighted by Crippen LogP contribution is 2.10. The van der Waals surface area contributed by atoms with Gasteiger partial charge in [0.05, 0.1) is 11.5 Å². The Morgan fingerprint density at radius 3 is 3.00 bits per heavy atom. The number of carbonyl (C=O) groups excluding carboxylic acids is 1. The van der Waals surface area contributed by atoms with E-state index in [0.717, 1.165) is 11.5 Å². The smallest absolute Gasteiger partial charge is 0.272 e. The molecule has 1 amide bonds. The van der Waals surface area contributed by atoms with Gasteiger partial charge in [-0.25, -0.2) is 0 Å². The molecule has 1 heterocycles. The van der Waals surface area contributed by atoms with E-state index in [9.17, 15) is 4.79 Å². The van der Waals surface area contributed by atoms with E-state index in [-0.39, 0.29) is 5.91 Å². The van der Waals surface area contributed by atoms with E-state index in [1.165, 1.54) is 0 Å². The van der Waals surface area contributed by atoms with Crippen LogP contribution in [-0.2, 0) is 0 Å². The quantitative estimate of drug-likeness (QED) is 0.801. The van der Waals surface area contributed by atoms with Crippen molar-refractivity contribution in [3.8, 4) is 6.07 Å². The van der Waals surface area contributed by atoms with Gasteiger partial charge in [-0.05, 0) is 25.4 Å². The van der Waals surface area contributed by atoms with Crippen LogP contribution in [0.2, 0.25) is 0 Å². The zero-order chi connectivity index (χ0) is 10.6. The molecule has 0 atom stereocenters. The molecule has 0 aliphatic carbocycles. The Balaban J connectivity index is 2.49. The maximum absolute atomic E-state index is 11.4. The van der Waals surface area contributed by atoms with Crippen LogP contribution < -0.4 is 5.32 Å². The molecule has 1 aromatic rings. The summed E-state index contributed by atoms with van der Waals surface area (Å²) in [6, 6.07) is 2.09. The summed E-state index contributed by atoms with van der Waals surface area (Å²) in [5, 5.41) is 16.5. The number of nitrogens with zero attached hydrogens (tertiary/aromatic N) is 3. The molecule has 0 aromatic carbocycles. The molecule has 0 unspecified atom stereocenters. The van der Waals surface area contributed by atoms with Gasteiger partial charge in [0.1, 0.15) is 0 Å². The van der Waals surface area contributed by atoms with E-state index in [4.69, 9.17) is 5.26 Å². The van der Waals surface area contributed by atoms with Gasteiger partial charge in [-0.3, -0.25) is 4.79 Å². The van der Waals surface area contributed by atoms with Crippen LogP contribution in [-0.4, -0.2) is 22.0 Å². The summed E-state index contributed by atoms with van der Waals surface area (Å²) < 4.78 is 3.57. The predicted octanol–water partition coefficient (Wildman–Crippen LogP) is 0.818. The van der Waals surface area contributed by atoms with Crippen LogP contribution in [0, 0.1) is 16.7 Å². The molecule has 14 heavy (non-hydrogen) atoms. The van der Waals surface area contributed by atoms with Crippen LogP contribution in [0.15, 0.2) is 5.38 Å². The van der Waals surface area contributed by atoms with Gasteiger partial charge in [-0.2, -0.15) is 5.26 Å². The first-order chi connectivity index (χ1) is 6.55. The maximum atomic E-state index is 11.4. The minimum atomic E-state index is -0.556. The maximum Gasteiger partial charge on any atom is 0.272 e. The Labute approximate surface area is 85.9 Å². The molecule has 5 nitrogen and oxygen atoms in total. The van der Waals surface area contributed by atoms with Gasteiger partial charge in [0.2, 0.25) is 0 Å². The summed E-state index contributed by atoms with van der Waals surface area (Å²) >= 11 is 1.12. The third kappa shape index (κ3) is 2.78.